The quantitative estimate of drug-likeness (QED) is 0.382. The molecule has 2 aromatic carbocycles. The van der Waals surface area contributed by atoms with E-state index in [1.165, 1.54) is 0 Å². The van der Waals surface area contributed by atoms with E-state index in [2.05, 4.69) is 15.9 Å². The fourth-order valence-electron chi connectivity index (χ4n) is 3.86. The second-order valence-electron chi connectivity index (χ2n) is 7.77. The van der Waals surface area contributed by atoms with E-state index in [1.54, 1.807) is 23.1 Å². The number of hydrogen-bond donors (Lipinski definition) is 1. The predicted octanol–water partition coefficient (Wildman–Crippen LogP) is 3.55. The van der Waals surface area contributed by atoms with Gasteiger partial charge in [0, 0.05) is 16.6 Å². The Morgan fingerprint density at radius 3 is 2.55 bits per heavy atom. The van der Waals surface area contributed by atoms with Crippen LogP contribution >= 0.6 is 15.9 Å². The van der Waals surface area contributed by atoms with Crippen molar-refractivity contribution in [3.05, 3.63) is 63.6 Å². The van der Waals surface area contributed by atoms with Crippen molar-refractivity contribution < 1.29 is 24.2 Å². The number of benzene rings is 2. The number of halogens is 1. The van der Waals surface area contributed by atoms with Gasteiger partial charge < -0.3 is 24.4 Å². The number of carbonyl (C=O) groups excluding carboxylic acids is 2. The number of rotatable bonds is 6. The number of fused-ring (bicyclic) bond motifs is 1. The number of nitrogens with zero attached hydrogens (tertiary/aromatic N) is 2. The highest BCUT2D eigenvalue weighted by Gasteiger charge is 2.45. The maximum Gasteiger partial charge on any atom is 0.295 e. The minimum Gasteiger partial charge on any atom is -0.507 e. The average Bonchev–Trinajstić information content (AvgIpc) is 3.31. The van der Waals surface area contributed by atoms with E-state index in [4.69, 9.17) is 9.47 Å². The third kappa shape index (κ3) is 4.18. The normalized spacial score (nSPS) is 19.5. The fourth-order valence-corrected chi connectivity index (χ4v) is 4.12. The summed E-state index contributed by atoms with van der Waals surface area (Å²) >= 11 is 3.42. The Balaban J connectivity index is 1.78. The van der Waals surface area contributed by atoms with Crippen molar-refractivity contribution in [1.82, 2.24) is 9.80 Å². The minimum atomic E-state index is -0.687. The van der Waals surface area contributed by atoms with Crippen LogP contribution in [0.15, 0.2) is 52.5 Å². The molecule has 1 N–H and O–H groups in total. The molecule has 0 bridgehead atoms. The summed E-state index contributed by atoms with van der Waals surface area (Å²) in [5.41, 5.74) is 1.24. The molecule has 1 saturated heterocycles. The van der Waals surface area contributed by atoms with E-state index in [9.17, 15) is 14.7 Å². The number of Topliss-reactive ketones (excluding diaryl/α,β-unsaturated/α-hetero) is 1. The first kappa shape index (κ1) is 21.4. The molecule has 1 fully saturated rings. The largest absolute Gasteiger partial charge is 0.507 e. The van der Waals surface area contributed by atoms with Crippen molar-refractivity contribution in [1.29, 1.82) is 0 Å². The molecule has 0 saturated carbocycles. The van der Waals surface area contributed by atoms with Crippen LogP contribution in [-0.4, -0.2) is 60.6 Å². The van der Waals surface area contributed by atoms with Gasteiger partial charge in [0.1, 0.15) is 5.76 Å². The van der Waals surface area contributed by atoms with Gasteiger partial charge in [-0.3, -0.25) is 9.59 Å². The number of ketones is 1. The van der Waals surface area contributed by atoms with Crippen LogP contribution < -0.4 is 9.47 Å². The number of likely N-dealkylation sites (tertiary alicyclic amines) is 1. The van der Waals surface area contributed by atoms with Gasteiger partial charge in [-0.2, -0.15) is 0 Å². The zero-order valence-electron chi connectivity index (χ0n) is 17.3. The third-order valence-corrected chi connectivity index (χ3v) is 5.90. The molecule has 2 heterocycles. The van der Waals surface area contributed by atoms with Crippen LogP contribution in [0.3, 0.4) is 0 Å². The van der Waals surface area contributed by atoms with Crippen LogP contribution in [0.1, 0.15) is 23.6 Å². The number of aliphatic hydroxyl groups is 1. The first-order valence-electron chi connectivity index (χ1n) is 9.95. The Labute approximate surface area is 189 Å². The van der Waals surface area contributed by atoms with Crippen molar-refractivity contribution in [3.63, 3.8) is 0 Å². The molecule has 1 atom stereocenters. The second-order valence-corrected chi connectivity index (χ2v) is 8.68. The van der Waals surface area contributed by atoms with Crippen LogP contribution in [0.5, 0.6) is 11.5 Å². The molecule has 8 heteroatoms. The number of amides is 1. The van der Waals surface area contributed by atoms with Crippen LogP contribution in [0, 0.1) is 0 Å². The minimum absolute atomic E-state index is 0.0797. The van der Waals surface area contributed by atoms with Gasteiger partial charge in [-0.15, -0.1) is 0 Å². The lowest BCUT2D eigenvalue weighted by molar-refractivity contribution is -0.139. The van der Waals surface area contributed by atoms with E-state index < -0.39 is 17.7 Å². The first-order chi connectivity index (χ1) is 14.9. The highest BCUT2D eigenvalue weighted by Crippen LogP contribution is 2.41. The zero-order valence-corrected chi connectivity index (χ0v) is 18.9. The van der Waals surface area contributed by atoms with Crippen LogP contribution in [0.4, 0.5) is 0 Å². The molecule has 0 radical (unpaired) electrons. The predicted molar refractivity (Wildman–Crippen MR) is 119 cm³/mol. The molecular formula is C23H23BrN2O5. The molecule has 0 aliphatic carbocycles. The van der Waals surface area contributed by atoms with Crippen molar-refractivity contribution in [3.8, 4) is 11.5 Å². The van der Waals surface area contributed by atoms with E-state index in [0.29, 0.717) is 30.0 Å². The molecule has 2 aromatic rings. The summed E-state index contributed by atoms with van der Waals surface area (Å²) in [6.07, 6.45) is 0.705. The molecule has 1 unspecified atom stereocenters. The summed E-state index contributed by atoms with van der Waals surface area (Å²) in [5.74, 6) is -0.448. The summed E-state index contributed by atoms with van der Waals surface area (Å²) in [4.78, 5) is 29.5. The number of carbonyl (C=O) groups is 2. The molecule has 0 spiro atoms. The van der Waals surface area contributed by atoms with Crippen LogP contribution in [0.2, 0.25) is 0 Å². The number of aliphatic hydroxyl groups excluding tert-OH is 1. The highest BCUT2D eigenvalue weighted by atomic mass is 79.9. The Bertz CT molecular complexity index is 1050. The Kier molecular flexibility index (Phi) is 6.02. The lowest BCUT2D eigenvalue weighted by atomic mass is 9.95. The number of ether oxygens (including phenoxy) is 2. The number of hydrogen-bond acceptors (Lipinski definition) is 6. The maximum atomic E-state index is 13.0. The molecule has 4 rings (SSSR count). The standard InChI is InChI=1S/C23H23BrN2O5/c1-25(2)10-3-11-26-20(14-4-7-16(24)8-5-14)19(22(28)23(26)29)21(27)15-6-9-17-18(12-15)31-13-30-17/h4-9,12,20,27H,3,10-11,13H2,1-2H3. The Hall–Kier alpha value is -2.84. The van der Waals surface area contributed by atoms with Crippen LogP contribution in [-0.2, 0) is 9.59 Å². The van der Waals surface area contributed by atoms with Gasteiger partial charge in [0.25, 0.3) is 11.7 Å². The van der Waals surface area contributed by atoms with E-state index in [-0.39, 0.29) is 18.1 Å². The van der Waals surface area contributed by atoms with Crippen molar-refractivity contribution in [2.75, 3.05) is 34.0 Å². The molecule has 2 aliphatic heterocycles. The van der Waals surface area contributed by atoms with Gasteiger partial charge in [-0.05, 0) is 63.0 Å². The van der Waals surface area contributed by atoms with Crippen molar-refractivity contribution >= 4 is 33.4 Å². The molecule has 7 nitrogen and oxygen atoms in total. The molecular weight excluding hydrogens is 464 g/mol. The Morgan fingerprint density at radius 2 is 1.84 bits per heavy atom. The Morgan fingerprint density at radius 1 is 1.13 bits per heavy atom. The zero-order chi connectivity index (χ0) is 22.1. The first-order valence-corrected chi connectivity index (χ1v) is 10.7. The molecule has 31 heavy (non-hydrogen) atoms. The molecule has 2 aliphatic rings. The summed E-state index contributed by atoms with van der Waals surface area (Å²) in [5, 5.41) is 11.1. The van der Waals surface area contributed by atoms with Crippen LogP contribution in [0.25, 0.3) is 5.76 Å². The summed E-state index contributed by atoms with van der Waals surface area (Å²) < 4.78 is 11.6. The van der Waals surface area contributed by atoms with Crippen molar-refractivity contribution in [2.24, 2.45) is 0 Å². The van der Waals surface area contributed by atoms with Gasteiger partial charge in [0.15, 0.2) is 11.5 Å². The summed E-state index contributed by atoms with van der Waals surface area (Å²) in [7, 11) is 3.92. The second kappa shape index (κ2) is 8.72. The van der Waals surface area contributed by atoms with E-state index >= 15 is 0 Å². The molecule has 162 valence electrons. The molecule has 1 amide bonds. The fraction of sp³-hybridized carbons (Fsp3) is 0.304. The van der Waals surface area contributed by atoms with Gasteiger partial charge in [-0.25, -0.2) is 0 Å². The highest BCUT2D eigenvalue weighted by molar-refractivity contribution is 9.10. The van der Waals surface area contributed by atoms with Gasteiger partial charge in [0.05, 0.1) is 11.6 Å². The van der Waals surface area contributed by atoms with Crippen molar-refractivity contribution in [2.45, 2.75) is 12.5 Å². The van der Waals surface area contributed by atoms with Gasteiger partial charge >= 0.3 is 0 Å². The van der Waals surface area contributed by atoms with Gasteiger partial charge in [0.2, 0.25) is 6.79 Å². The van der Waals surface area contributed by atoms with E-state index in [0.717, 1.165) is 16.6 Å². The van der Waals surface area contributed by atoms with Gasteiger partial charge in [-0.1, -0.05) is 28.1 Å². The SMILES string of the molecule is CN(C)CCCN1C(=O)C(=O)C(=C(O)c2ccc3c(c2)OCO3)C1c1ccc(Br)cc1. The average molecular weight is 487 g/mol. The molecule has 0 aromatic heterocycles. The summed E-state index contributed by atoms with van der Waals surface area (Å²) in [6, 6.07) is 11.7. The smallest absolute Gasteiger partial charge is 0.295 e. The maximum absolute atomic E-state index is 13.0. The monoisotopic (exact) mass is 486 g/mol. The topological polar surface area (TPSA) is 79.3 Å². The summed E-state index contributed by atoms with van der Waals surface area (Å²) in [6.45, 7) is 1.29. The van der Waals surface area contributed by atoms with E-state index in [1.807, 2.05) is 43.3 Å². The lowest BCUT2D eigenvalue weighted by Gasteiger charge is -2.26. The lowest BCUT2D eigenvalue weighted by Crippen LogP contribution is -2.32. The third-order valence-electron chi connectivity index (χ3n) is 5.38.